The van der Waals surface area contributed by atoms with Crippen molar-refractivity contribution in [3.05, 3.63) is 41.0 Å². The number of rotatable bonds is 8. The van der Waals surface area contributed by atoms with E-state index in [1.807, 2.05) is 0 Å². The van der Waals surface area contributed by atoms with Gasteiger partial charge in [-0.3, -0.25) is 4.79 Å². The van der Waals surface area contributed by atoms with Gasteiger partial charge in [-0.15, -0.1) is 0 Å². The van der Waals surface area contributed by atoms with Crippen LogP contribution in [0.25, 0.3) is 0 Å². The van der Waals surface area contributed by atoms with Crippen LogP contribution < -0.4 is 10.6 Å². The second kappa shape index (κ2) is 9.63. The zero-order valence-corrected chi connectivity index (χ0v) is 15.5. The van der Waals surface area contributed by atoms with Crippen LogP contribution in [0.2, 0.25) is 0 Å². The Kier molecular flexibility index (Phi) is 7.51. The van der Waals surface area contributed by atoms with Crippen LogP contribution in [0, 0.1) is 6.92 Å². The van der Waals surface area contributed by atoms with Gasteiger partial charge < -0.3 is 10.6 Å². The summed E-state index contributed by atoms with van der Waals surface area (Å²) < 4.78 is 0. The van der Waals surface area contributed by atoms with Crippen LogP contribution >= 0.6 is 0 Å². The number of amides is 1. The number of allylic oxidation sites excluding steroid dienone is 1. The van der Waals surface area contributed by atoms with E-state index in [2.05, 4.69) is 55.7 Å². The highest BCUT2D eigenvalue weighted by Crippen LogP contribution is 2.27. The first kappa shape index (κ1) is 18.7. The Morgan fingerprint density at radius 1 is 1.21 bits per heavy atom. The Morgan fingerprint density at radius 2 is 2.04 bits per heavy atom. The molecular weight excluding hydrogens is 296 g/mol. The third-order valence-electron chi connectivity index (χ3n) is 4.73. The Labute approximate surface area is 146 Å². The summed E-state index contributed by atoms with van der Waals surface area (Å²) in [5, 5.41) is 6.51. The van der Waals surface area contributed by atoms with E-state index in [1.54, 1.807) is 5.57 Å². The Bertz CT molecular complexity index is 575. The van der Waals surface area contributed by atoms with Gasteiger partial charge in [-0.2, -0.15) is 0 Å². The average molecular weight is 329 g/mol. The van der Waals surface area contributed by atoms with Crippen molar-refractivity contribution in [2.45, 2.75) is 65.2 Å². The number of para-hydroxylation sites is 1. The lowest BCUT2D eigenvalue weighted by Gasteiger charge is -2.16. The first-order valence-electron chi connectivity index (χ1n) is 9.36. The average Bonchev–Trinajstić information content (AvgIpc) is 2.57. The lowest BCUT2D eigenvalue weighted by molar-refractivity contribution is -0.116. The van der Waals surface area contributed by atoms with Crippen molar-refractivity contribution >= 4 is 11.6 Å². The molecular formula is C21H32N2O. The predicted molar refractivity (Wildman–Crippen MR) is 103 cm³/mol. The largest absolute Gasteiger partial charge is 0.326 e. The number of nitrogens with one attached hydrogen (secondary N) is 2. The monoisotopic (exact) mass is 328 g/mol. The Balaban J connectivity index is 1.73. The molecule has 0 bridgehead atoms. The number of carbonyl (C=O) groups is 1. The fourth-order valence-electron chi connectivity index (χ4n) is 3.25. The molecule has 0 saturated carbocycles. The van der Waals surface area contributed by atoms with Gasteiger partial charge in [-0.1, -0.05) is 43.7 Å². The van der Waals surface area contributed by atoms with Gasteiger partial charge in [0, 0.05) is 18.7 Å². The lowest BCUT2D eigenvalue weighted by atomic mass is 9.97. The maximum atomic E-state index is 12.2. The number of hydrogen-bond acceptors (Lipinski definition) is 2. The molecule has 3 heteroatoms. The molecule has 1 aromatic rings. The summed E-state index contributed by atoms with van der Waals surface area (Å²) in [6.07, 6.45) is 9.21. The topological polar surface area (TPSA) is 41.1 Å². The second-order valence-corrected chi connectivity index (χ2v) is 7.10. The smallest absolute Gasteiger partial charge is 0.225 e. The van der Waals surface area contributed by atoms with Crippen molar-refractivity contribution in [2.75, 3.05) is 18.4 Å². The molecule has 1 aliphatic carbocycles. The third kappa shape index (κ3) is 5.79. The van der Waals surface area contributed by atoms with Crippen molar-refractivity contribution in [3.8, 4) is 0 Å². The molecule has 0 fully saturated rings. The SMILES string of the molecule is Cc1cccc(C(C)C)c1NC(=O)CCNCCC1=CCCCC1. The zero-order valence-electron chi connectivity index (χ0n) is 15.5. The van der Waals surface area contributed by atoms with Crippen molar-refractivity contribution in [3.63, 3.8) is 0 Å². The van der Waals surface area contributed by atoms with E-state index in [1.165, 1.54) is 31.2 Å². The van der Waals surface area contributed by atoms with Crippen molar-refractivity contribution in [1.29, 1.82) is 0 Å². The van der Waals surface area contributed by atoms with Crippen molar-refractivity contribution in [1.82, 2.24) is 5.32 Å². The molecule has 1 aliphatic rings. The molecule has 1 amide bonds. The molecule has 0 saturated heterocycles. The number of anilines is 1. The molecule has 0 unspecified atom stereocenters. The Morgan fingerprint density at radius 3 is 2.75 bits per heavy atom. The van der Waals surface area contributed by atoms with Crippen LogP contribution in [0.5, 0.6) is 0 Å². The molecule has 1 aromatic carbocycles. The summed E-state index contributed by atoms with van der Waals surface area (Å²) in [7, 11) is 0. The van der Waals surface area contributed by atoms with Gasteiger partial charge in [0.15, 0.2) is 0 Å². The summed E-state index contributed by atoms with van der Waals surface area (Å²) in [6.45, 7) is 8.08. The van der Waals surface area contributed by atoms with Crippen LogP contribution in [0.3, 0.4) is 0 Å². The van der Waals surface area contributed by atoms with Crippen molar-refractivity contribution < 1.29 is 4.79 Å². The molecule has 0 heterocycles. The van der Waals surface area contributed by atoms with E-state index in [-0.39, 0.29) is 5.91 Å². The summed E-state index contributed by atoms with van der Waals surface area (Å²) in [4.78, 5) is 12.2. The van der Waals surface area contributed by atoms with E-state index >= 15 is 0 Å². The standard InChI is InChI=1S/C21H32N2O/c1-16(2)19-11-7-8-17(3)21(19)23-20(24)13-15-22-14-12-18-9-5-4-6-10-18/h7-9,11,16,22H,4-6,10,12-15H2,1-3H3,(H,23,24). The summed E-state index contributed by atoms with van der Waals surface area (Å²) in [5.74, 6) is 0.498. The van der Waals surface area contributed by atoms with E-state index < -0.39 is 0 Å². The third-order valence-corrected chi connectivity index (χ3v) is 4.73. The van der Waals surface area contributed by atoms with Crippen LogP contribution in [0.1, 0.15) is 69.4 Å². The molecule has 0 spiro atoms. The molecule has 132 valence electrons. The summed E-state index contributed by atoms with van der Waals surface area (Å²) in [5.41, 5.74) is 4.91. The highest BCUT2D eigenvalue weighted by molar-refractivity contribution is 5.92. The number of carbonyl (C=O) groups excluding carboxylic acids is 1. The maximum Gasteiger partial charge on any atom is 0.225 e. The maximum absolute atomic E-state index is 12.2. The molecule has 3 nitrogen and oxygen atoms in total. The normalized spacial score (nSPS) is 14.6. The fraction of sp³-hybridized carbons (Fsp3) is 0.571. The molecule has 2 N–H and O–H groups in total. The van der Waals surface area contributed by atoms with Gasteiger partial charge in [0.1, 0.15) is 0 Å². The Hall–Kier alpha value is -1.61. The molecule has 24 heavy (non-hydrogen) atoms. The predicted octanol–water partition coefficient (Wildman–Crippen LogP) is 4.93. The van der Waals surface area contributed by atoms with Crippen LogP contribution in [-0.4, -0.2) is 19.0 Å². The van der Waals surface area contributed by atoms with E-state index in [0.717, 1.165) is 30.8 Å². The molecule has 0 aromatic heterocycles. The van der Waals surface area contributed by atoms with Gasteiger partial charge in [-0.25, -0.2) is 0 Å². The van der Waals surface area contributed by atoms with Crippen LogP contribution in [0.4, 0.5) is 5.69 Å². The molecule has 0 aliphatic heterocycles. The van der Waals surface area contributed by atoms with E-state index in [9.17, 15) is 4.79 Å². The summed E-state index contributed by atoms with van der Waals surface area (Å²) in [6, 6.07) is 6.21. The molecule has 0 radical (unpaired) electrons. The second-order valence-electron chi connectivity index (χ2n) is 7.10. The highest BCUT2D eigenvalue weighted by Gasteiger charge is 2.11. The van der Waals surface area contributed by atoms with Crippen molar-refractivity contribution in [2.24, 2.45) is 0 Å². The van der Waals surface area contributed by atoms with Gasteiger partial charge in [0.2, 0.25) is 5.91 Å². The van der Waals surface area contributed by atoms with Gasteiger partial charge in [0.05, 0.1) is 0 Å². The van der Waals surface area contributed by atoms with Gasteiger partial charge in [-0.05, 0) is 62.6 Å². The number of benzene rings is 1. The van der Waals surface area contributed by atoms with E-state index in [0.29, 0.717) is 12.3 Å². The van der Waals surface area contributed by atoms with Crippen LogP contribution in [0.15, 0.2) is 29.8 Å². The first-order chi connectivity index (χ1) is 11.6. The fourth-order valence-corrected chi connectivity index (χ4v) is 3.25. The molecule has 0 atom stereocenters. The zero-order chi connectivity index (χ0) is 17.4. The number of hydrogen-bond donors (Lipinski definition) is 2. The quantitative estimate of drug-likeness (QED) is 0.525. The van der Waals surface area contributed by atoms with Gasteiger partial charge in [0.25, 0.3) is 0 Å². The lowest BCUT2D eigenvalue weighted by Crippen LogP contribution is -2.23. The minimum absolute atomic E-state index is 0.0931. The number of aryl methyl sites for hydroxylation is 1. The highest BCUT2D eigenvalue weighted by atomic mass is 16.1. The minimum atomic E-state index is 0.0931. The summed E-state index contributed by atoms with van der Waals surface area (Å²) >= 11 is 0. The van der Waals surface area contributed by atoms with Gasteiger partial charge >= 0.3 is 0 Å². The molecule has 2 rings (SSSR count). The van der Waals surface area contributed by atoms with Crippen LogP contribution in [-0.2, 0) is 4.79 Å². The van der Waals surface area contributed by atoms with E-state index in [4.69, 9.17) is 0 Å². The first-order valence-corrected chi connectivity index (χ1v) is 9.36. The minimum Gasteiger partial charge on any atom is -0.326 e.